The normalized spacial score (nSPS) is 11.0. The number of amides is 2. The Hall–Kier alpha value is -1.63. The lowest BCUT2D eigenvalue weighted by Gasteiger charge is -2.09. The maximum atomic E-state index is 11.3. The maximum absolute atomic E-state index is 11.3. The summed E-state index contributed by atoms with van der Waals surface area (Å²) in [7, 11) is 0. The van der Waals surface area contributed by atoms with Gasteiger partial charge in [-0.1, -0.05) is 0 Å². The van der Waals surface area contributed by atoms with Gasteiger partial charge in [0.1, 0.15) is 6.33 Å². The Morgan fingerprint density at radius 2 is 2.41 bits per heavy atom. The highest BCUT2D eigenvalue weighted by atomic mass is 32.1. The van der Waals surface area contributed by atoms with E-state index in [9.17, 15) is 4.79 Å². The highest BCUT2D eigenvalue weighted by molar-refractivity contribution is 7.15. The van der Waals surface area contributed by atoms with E-state index in [4.69, 9.17) is 0 Å². The van der Waals surface area contributed by atoms with Crippen molar-refractivity contribution in [2.24, 2.45) is 0 Å². The van der Waals surface area contributed by atoms with Crippen LogP contribution in [0, 0.1) is 0 Å². The molecule has 0 spiro atoms. The molecular weight excluding hydrogens is 238 g/mol. The molecule has 0 saturated heterocycles. The Labute approximate surface area is 103 Å². The molecule has 2 N–H and O–H groups in total. The summed E-state index contributed by atoms with van der Waals surface area (Å²) in [4.78, 5) is 12.2. The van der Waals surface area contributed by atoms with Gasteiger partial charge in [0.2, 0.25) is 4.96 Å². The first-order valence-corrected chi connectivity index (χ1v) is 6.35. The summed E-state index contributed by atoms with van der Waals surface area (Å²) in [6.07, 6.45) is 2.46. The second kappa shape index (κ2) is 5.13. The van der Waals surface area contributed by atoms with Crippen LogP contribution >= 0.6 is 11.3 Å². The van der Waals surface area contributed by atoms with E-state index in [2.05, 4.69) is 20.8 Å². The summed E-state index contributed by atoms with van der Waals surface area (Å²) >= 11 is 1.55. The summed E-state index contributed by atoms with van der Waals surface area (Å²) in [5.41, 5.74) is 1.11. The highest BCUT2D eigenvalue weighted by Crippen LogP contribution is 2.13. The molecule has 0 atom stereocenters. The van der Waals surface area contributed by atoms with E-state index in [-0.39, 0.29) is 12.1 Å². The van der Waals surface area contributed by atoms with Gasteiger partial charge in [-0.2, -0.15) is 0 Å². The van der Waals surface area contributed by atoms with Gasteiger partial charge in [0.05, 0.1) is 0 Å². The van der Waals surface area contributed by atoms with E-state index >= 15 is 0 Å². The Morgan fingerprint density at radius 1 is 1.59 bits per heavy atom. The van der Waals surface area contributed by atoms with Crippen molar-refractivity contribution in [1.29, 1.82) is 0 Å². The minimum atomic E-state index is -0.129. The van der Waals surface area contributed by atoms with Crippen LogP contribution in [-0.2, 0) is 6.42 Å². The van der Waals surface area contributed by atoms with Gasteiger partial charge in [-0.3, -0.25) is 4.40 Å². The Kier molecular flexibility index (Phi) is 3.58. The molecule has 7 heteroatoms. The molecule has 0 bridgehead atoms. The van der Waals surface area contributed by atoms with Crippen LogP contribution in [0.1, 0.15) is 19.5 Å². The lowest BCUT2D eigenvalue weighted by molar-refractivity contribution is 0.238. The zero-order valence-corrected chi connectivity index (χ0v) is 10.6. The fraction of sp³-hybridized carbons (Fsp3) is 0.500. The Balaban J connectivity index is 1.83. The van der Waals surface area contributed by atoms with Crippen molar-refractivity contribution in [3.05, 3.63) is 17.4 Å². The monoisotopic (exact) mass is 253 g/mol. The number of carbonyl (C=O) groups is 1. The molecule has 0 aliphatic rings. The molecule has 2 aromatic rings. The molecule has 0 aromatic carbocycles. The molecular formula is C10H15N5OS. The predicted octanol–water partition coefficient (Wildman–Crippen LogP) is 1.04. The lowest BCUT2D eigenvalue weighted by atomic mass is 10.3. The lowest BCUT2D eigenvalue weighted by Crippen LogP contribution is -2.40. The van der Waals surface area contributed by atoms with Gasteiger partial charge in [-0.05, 0) is 13.8 Å². The van der Waals surface area contributed by atoms with Crippen LogP contribution in [0.5, 0.6) is 0 Å². The van der Waals surface area contributed by atoms with Crippen LogP contribution in [0.3, 0.4) is 0 Å². The van der Waals surface area contributed by atoms with Gasteiger partial charge in [0.15, 0.2) is 0 Å². The molecule has 0 aliphatic heterocycles. The zero-order chi connectivity index (χ0) is 12.3. The van der Waals surface area contributed by atoms with Crippen molar-refractivity contribution in [3.63, 3.8) is 0 Å². The van der Waals surface area contributed by atoms with Crippen molar-refractivity contribution in [1.82, 2.24) is 25.2 Å². The molecule has 6 nitrogen and oxygen atoms in total. The predicted molar refractivity (Wildman–Crippen MR) is 66.2 cm³/mol. The van der Waals surface area contributed by atoms with Crippen LogP contribution in [0.15, 0.2) is 11.7 Å². The first-order valence-electron chi connectivity index (χ1n) is 5.47. The molecule has 0 unspecified atom stereocenters. The number of carbonyl (C=O) groups excluding carboxylic acids is 1. The molecule has 2 heterocycles. The number of nitrogens with zero attached hydrogens (tertiary/aromatic N) is 3. The van der Waals surface area contributed by atoms with Crippen LogP contribution in [0.2, 0.25) is 0 Å². The smallest absolute Gasteiger partial charge is 0.314 e. The molecule has 0 aliphatic carbocycles. The quantitative estimate of drug-likeness (QED) is 0.855. The van der Waals surface area contributed by atoms with Crippen LogP contribution in [0.4, 0.5) is 4.79 Å². The first-order chi connectivity index (χ1) is 8.16. The Bertz CT molecular complexity index is 503. The molecule has 17 heavy (non-hydrogen) atoms. The van der Waals surface area contributed by atoms with Crippen LogP contribution in [-0.4, -0.2) is 33.2 Å². The van der Waals surface area contributed by atoms with Gasteiger partial charge in [-0.15, -0.1) is 21.5 Å². The van der Waals surface area contributed by atoms with Crippen molar-refractivity contribution in [2.45, 2.75) is 26.3 Å². The minimum Gasteiger partial charge on any atom is -0.338 e. The molecule has 2 aromatic heterocycles. The van der Waals surface area contributed by atoms with E-state index in [0.717, 1.165) is 17.1 Å². The SMILES string of the molecule is CC(C)NC(=O)NCCc1csc2nncn12. The number of nitrogens with one attached hydrogen (secondary N) is 2. The van der Waals surface area contributed by atoms with Crippen LogP contribution < -0.4 is 10.6 Å². The van der Waals surface area contributed by atoms with E-state index in [0.29, 0.717) is 6.54 Å². The maximum Gasteiger partial charge on any atom is 0.314 e. The van der Waals surface area contributed by atoms with E-state index in [1.807, 2.05) is 23.6 Å². The third kappa shape index (κ3) is 2.94. The highest BCUT2D eigenvalue weighted by Gasteiger charge is 2.06. The fourth-order valence-electron chi connectivity index (χ4n) is 1.48. The molecule has 0 saturated carbocycles. The third-order valence-electron chi connectivity index (χ3n) is 2.21. The summed E-state index contributed by atoms with van der Waals surface area (Å²) in [5.74, 6) is 0. The second-order valence-corrected chi connectivity index (χ2v) is 4.85. The van der Waals surface area contributed by atoms with Gasteiger partial charge in [-0.25, -0.2) is 4.79 Å². The van der Waals surface area contributed by atoms with Crippen molar-refractivity contribution in [2.75, 3.05) is 6.54 Å². The van der Waals surface area contributed by atoms with Crippen molar-refractivity contribution in [3.8, 4) is 0 Å². The second-order valence-electron chi connectivity index (χ2n) is 4.02. The standard InChI is InChI=1S/C10H15N5OS/c1-7(2)13-9(16)11-4-3-8-5-17-10-14-12-6-15(8)10/h5-7H,3-4H2,1-2H3,(H2,11,13,16). The van der Waals surface area contributed by atoms with Gasteiger partial charge in [0, 0.05) is 30.1 Å². The number of hydrogen-bond donors (Lipinski definition) is 2. The minimum absolute atomic E-state index is 0.129. The van der Waals surface area contributed by atoms with E-state index in [1.165, 1.54) is 0 Å². The Morgan fingerprint density at radius 3 is 3.18 bits per heavy atom. The molecule has 0 fully saturated rings. The number of hydrogen-bond acceptors (Lipinski definition) is 4. The molecule has 2 amide bonds. The number of fused-ring (bicyclic) bond motifs is 1. The van der Waals surface area contributed by atoms with Gasteiger partial charge >= 0.3 is 6.03 Å². The third-order valence-corrected chi connectivity index (χ3v) is 3.09. The van der Waals surface area contributed by atoms with E-state index in [1.54, 1.807) is 17.7 Å². The fourth-order valence-corrected chi connectivity index (χ4v) is 2.32. The summed E-state index contributed by atoms with van der Waals surface area (Å²) in [6.45, 7) is 4.46. The molecule has 2 rings (SSSR count). The van der Waals surface area contributed by atoms with Crippen LogP contribution in [0.25, 0.3) is 4.96 Å². The zero-order valence-electron chi connectivity index (χ0n) is 9.80. The first kappa shape index (κ1) is 11.8. The summed E-state index contributed by atoms with van der Waals surface area (Å²) in [6, 6.07) is 0.0240. The average molecular weight is 253 g/mol. The number of thiazole rings is 1. The molecule has 0 radical (unpaired) electrons. The number of rotatable bonds is 4. The summed E-state index contributed by atoms with van der Waals surface area (Å²) in [5, 5.41) is 15.4. The van der Waals surface area contributed by atoms with Crippen molar-refractivity contribution < 1.29 is 4.79 Å². The van der Waals surface area contributed by atoms with Gasteiger partial charge in [0.25, 0.3) is 0 Å². The average Bonchev–Trinajstić information content (AvgIpc) is 2.80. The van der Waals surface area contributed by atoms with Gasteiger partial charge < -0.3 is 10.6 Å². The van der Waals surface area contributed by atoms with Crippen molar-refractivity contribution >= 4 is 22.3 Å². The number of aromatic nitrogens is 3. The topological polar surface area (TPSA) is 71.3 Å². The summed E-state index contributed by atoms with van der Waals surface area (Å²) < 4.78 is 1.94. The van der Waals surface area contributed by atoms with E-state index < -0.39 is 0 Å². The number of urea groups is 1. The largest absolute Gasteiger partial charge is 0.338 e. The molecule has 92 valence electrons.